The predicted molar refractivity (Wildman–Crippen MR) is 116 cm³/mol. The Balaban J connectivity index is 1.41. The zero-order valence-electron chi connectivity index (χ0n) is 17.7. The summed E-state index contributed by atoms with van der Waals surface area (Å²) in [5.74, 6) is 2.74. The predicted octanol–water partition coefficient (Wildman–Crippen LogP) is 4.63. The number of para-hydroxylation sites is 1. The average Bonchev–Trinajstić information content (AvgIpc) is 2.65. The normalized spacial score (nSPS) is 38.6. The Morgan fingerprint density at radius 2 is 1.69 bits per heavy atom. The third-order valence-electron chi connectivity index (χ3n) is 7.90. The molecule has 5 aliphatic rings. The van der Waals surface area contributed by atoms with Gasteiger partial charge in [0, 0.05) is 24.0 Å². The first-order valence-corrected chi connectivity index (χ1v) is 11.3. The fraction of sp³-hybridized carbons (Fsp3) is 0.667. The Hall–Kier alpha value is -1.88. The zero-order chi connectivity index (χ0) is 19.7. The van der Waals surface area contributed by atoms with Crippen LogP contribution < -0.4 is 10.2 Å². The van der Waals surface area contributed by atoms with Crippen LogP contribution in [0.2, 0.25) is 0 Å². The van der Waals surface area contributed by atoms with E-state index in [1.807, 2.05) is 0 Å². The minimum atomic E-state index is 0.183. The molecular weight excluding hydrogens is 360 g/mol. The van der Waals surface area contributed by atoms with E-state index in [9.17, 15) is 0 Å². The van der Waals surface area contributed by atoms with E-state index in [1.165, 1.54) is 38.5 Å². The Morgan fingerprint density at radius 1 is 0.966 bits per heavy atom. The molecule has 4 atom stereocenters. The highest BCUT2D eigenvalue weighted by atomic mass is 16.5. The number of ether oxygens (including phenoxy) is 1. The number of rotatable bonds is 3. The smallest absolute Gasteiger partial charge is 0.228 e. The Morgan fingerprint density at radius 3 is 2.41 bits per heavy atom. The summed E-state index contributed by atoms with van der Waals surface area (Å²) in [6, 6.07) is 8.47. The second-order valence-electron chi connectivity index (χ2n) is 11.0. The topological polar surface area (TPSA) is 50.3 Å². The lowest BCUT2D eigenvalue weighted by Gasteiger charge is -2.65. The monoisotopic (exact) mass is 392 g/mol. The highest BCUT2D eigenvalue weighted by Gasteiger charge is 2.60. The lowest BCUT2D eigenvalue weighted by atomic mass is 9.43. The molecule has 2 aromatic rings. The summed E-state index contributed by atoms with van der Waals surface area (Å²) in [4.78, 5) is 12.3. The van der Waals surface area contributed by atoms with Crippen LogP contribution in [-0.4, -0.2) is 41.8 Å². The molecule has 1 saturated heterocycles. The number of nitrogens with one attached hydrogen (secondary N) is 1. The van der Waals surface area contributed by atoms with Crippen LogP contribution in [0.1, 0.15) is 52.4 Å². The van der Waals surface area contributed by atoms with Gasteiger partial charge in [-0.1, -0.05) is 26.0 Å². The van der Waals surface area contributed by atoms with E-state index in [0.717, 1.165) is 54.9 Å². The molecule has 4 aliphatic carbocycles. The van der Waals surface area contributed by atoms with Crippen molar-refractivity contribution in [2.45, 2.75) is 57.9 Å². The van der Waals surface area contributed by atoms with Crippen molar-refractivity contribution < 1.29 is 4.74 Å². The van der Waals surface area contributed by atoms with Crippen LogP contribution in [0.5, 0.6) is 0 Å². The number of hydrogen-bond acceptors (Lipinski definition) is 5. The van der Waals surface area contributed by atoms with Crippen molar-refractivity contribution in [2.75, 3.05) is 36.5 Å². The molecule has 1 N–H and O–H groups in total. The maximum absolute atomic E-state index is 5.54. The van der Waals surface area contributed by atoms with Gasteiger partial charge in [-0.25, -0.2) is 4.98 Å². The van der Waals surface area contributed by atoms with Gasteiger partial charge < -0.3 is 15.0 Å². The van der Waals surface area contributed by atoms with Crippen LogP contribution in [0.15, 0.2) is 24.3 Å². The second-order valence-corrected chi connectivity index (χ2v) is 11.0. The molecule has 1 aliphatic heterocycles. The fourth-order valence-electron chi connectivity index (χ4n) is 7.90. The van der Waals surface area contributed by atoms with Gasteiger partial charge in [-0.3, -0.25) is 0 Å². The summed E-state index contributed by atoms with van der Waals surface area (Å²) < 4.78 is 5.54. The summed E-state index contributed by atoms with van der Waals surface area (Å²) in [5, 5.41) is 5.20. The second kappa shape index (κ2) is 6.07. The maximum Gasteiger partial charge on any atom is 0.228 e. The van der Waals surface area contributed by atoms with Gasteiger partial charge in [-0.2, -0.15) is 4.98 Å². The van der Waals surface area contributed by atoms with E-state index in [1.54, 1.807) is 0 Å². The van der Waals surface area contributed by atoms with Crippen LogP contribution in [0.25, 0.3) is 10.9 Å². The van der Waals surface area contributed by atoms with Crippen LogP contribution in [-0.2, 0) is 4.74 Å². The molecule has 0 radical (unpaired) electrons. The molecule has 154 valence electrons. The van der Waals surface area contributed by atoms with Crippen LogP contribution in [0, 0.1) is 16.7 Å². The van der Waals surface area contributed by atoms with E-state index in [0.29, 0.717) is 10.8 Å². The van der Waals surface area contributed by atoms with E-state index in [2.05, 4.69) is 48.3 Å². The molecule has 5 fully saturated rings. The summed E-state index contributed by atoms with van der Waals surface area (Å²) in [6.45, 7) is 8.29. The molecule has 2 heterocycles. The summed E-state index contributed by atoms with van der Waals surface area (Å²) >= 11 is 0. The number of benzene rings is 1. The van der Waals surface area contributed by atoms with Gasteiger partial charge in [0.25, 0.3) is 0 Å². The third-order valence-corrected chi connectivity index (χ3v) is 7.90. The highest BCUT2D eigenvalue weighted by molar-refractivity contribution is 5.90. The molecule has 0 amide bonds. The lowest BCUT2D eigenvalue weighted by molar-refractivity contribution is -0.0973. The molecule has 5 heteroatoms. The quantitative estimate of drug-likeness (QED) is 0.825. The largest absolute Gasteiger partial charge is 0.378 e. The van der Waals surface area contributed by atoms with E-state index >= 15 is 0 Å². The van der Waals surface area contributed by atoms with Gasteiger partial charge >= 0.3 is 0 Å². The van der Waals surface area contributed by atoms with Gasteiger partial charge in [0.15, 0.2) is 0 Å². The van der Waals surface area contributed by atoms with E-state index in [4.69, 9.17) is 14.7 Å². The number of anilines is 2. The molecule has 1 aromatic carbocycles. The zero-order valence-corrected chi connectivity index (χ0v) is 17.7. The summed E-state index contributed by atoms with van der Waals surface area (Å²) in [5.41, 5.74) is 2.18. The minimum absolute atomic E-state index is 0.183. The van der Waals surface area contributed by atoms with Crippen molar-refractivity contribution in [3.8, 4) is 0 Å². The molecule has 29 heavy (non-hydrogen) atoms. The minimum Gasteiger partial charge on any atom is -0.378 e. The van der Waals surface area contributed by atoms with Crippen molar-refractivity contribution >= 4 is 22.7 Å². The first-order valence-electron chi connectivity index (χ1n) is 11.3. The van der Waals surface area contributed by atoms with E-state index < -0.39 is 0 Å². The Kier molecular flexibility index (Phi) is 3.75. The number of hydrogen-bond donors (Lipinski definition) is 1. The van der Waals surface area contributed by atoms with E-state index in [-0.39, 0.29) is 5.54 Å². The fourth-order valence-corrected chi connectivity index (χ4v) is 7.90. The number of fused-ring (bicyclic) bond motifs is 1. The number of aromatic nitrogens is 2. The van der Waals surface area contributed by atoms with Crippen molar-refractivity contribution in [2.24, 2.45) is 16.7 Å². The maximum atomic E-state index is 5.54. The molecule has 4 saturated carbocycles. The summed E-state index contributed by atoms with van der Waals surface area (Å²) in [6.07, 6.45) is 8.06. The van der Waals surface area contributed by atoms with Crippen LogP contribution in [0.4, 0.5) is 11.8 Å². The van der Waals surface area contributed by atoms with Gasteiger partial charge in [-0.15, -0.1) is 0 Å². The first-order chi connectivity index (χ1) is 13.9. The Bertz CT molecular complexity index is 935. The van der Waals surface area contributed by atoms with Crippen LogP contribution in [0.3, 0.4) is 0 Å². The van der Waals surface area contributed by atoms with Crippen molar-refractivity contribution in [3.05, 3.63) is 24.3 Å². The average molecular weight is 393 g/mol. The highest BCUT2D eigenvalue weighted by Crippen LogP contribution is 2.66. The van der Waals surface area contributed by atoms with Gasteiger partial charge in [0.2, 0.25) is 5.95 Å². The van der Waals surface area contributed by atoms with Crippen molar-refractivity contribution in [1.29, 1.82) is 0 Å². The van der Waals surface area contributed by atoms with Gasteiger partial charge in [-0.05, 0) is 67.4 Å². The number of morpholine rings is 1. The SMILES string of the molecule is C[C@]12CC3CC(Nc4nc(N5CCOCC5)nc5ccccc45)(C1)C[C@@](C)(C3)C2. The van der Waals surface area contributed by atoms with Gasteiger partial charge in [0.1, 0.15) is 5.82 Å². The summed E-state index contributed by atoms with van der Waals surface area (Å²) in [7, 11) is 0. The van der Waals surface area contributed by atoms with Crippen LogP contribution >= 0.6 is 0 Å². The molecule has 2 unspecified atom stereocenters. The first kappa shape index (κ1) is 17.9. The third kappa shape index (κ3) is 3.00. The van der Waals surface area contributed by atoms with Crippen molar-refractivity contribution in [3.63, 3.8) is 0 Å². The molecule has 1 aromatic heterocycles. The standard InChI is InChI=1S/C24H32N4O/c1-22-11-17-12-23(2,14-22)16-24(13-17,15-22)27-20-18-5-3-4-6-19(18)25-21(26-20)28-7-9-29-10-8-28/h3-6,17H,7-16H2,1-2H3,(H,25,26,27)/t17?,22-,23+,24?. The number of nitrogens with zero attached hydrogens (tertiary/aromatic N) is 3. The lowest BCUT2D eigenvalue weighted by Crippen LogP contribution is -2.61. The molecular formula is C24H32N4O. The Labute approximate surface area is 173 Å². The van der Waals surface area contributed by atoms with Crippen molar-refractivity contribution in [1.82, 2.24) is 9.97 Å². The van der Waals surface area contributed by atoms with Gasteiger partial charge in [0.05, 0.1) is 18.7 Å². The molecule has 0 spiro atoms. The molecule has 5 nitrogen and oxygen atoms in total. The molecule has 7 rings (SSSR count). The molecule has 4 bridgehead atoms.